The number of nitrogens with two attached hydrogens (primary N) is 1. The van der Waals surface area contributed by atoms with E-state index in [4.69, 9.17) is 26.8 Å². The van der Waals surface area contributed by atoms with E-state index in [-0.39, 0.29) is 12.5 Å². The second-order valence-electron chi connectivity index (χ2n) is 5.12. The van der Waals surface area contributed by atoms with Crippen LogP contribution in [0.15, 0.2) is 12.1 Å². The fourth-order valence-corrected chi connectivity index (χ4v) is 2.02. The molecule has 1 rings (SSSR count). The molecule has 1 aromatic carbocycles. The van der Waals surface area contributed by atoms with Crippen LogP contribution in [0.1, 0.15) is 19.4 Å². The molecule has 118 valence electrons. The van der Waals surface area contributed by atoms with Gasteiger partial charge in [-0.15, -0.1) is 0 Å². The summed E-state index contributed by atoms with van der Waals surface area (Å²) >= 11 is 6.03. The fourth-order valence-electron chi connectivity index (χ4n) is 1.79. The van der Waals surface area contributed by atoms with Crippen LogP contribution in [0.25, 0.3) is 0 Å². The number of rotatable bonds is 8. The van der Waals surface area contributed by atoms with E-state index in [1.807, 2.05) is 13.8 Å². The van der Waals surface area contributed by atoms with Crippen LogP contribution in [-0.4, -0.2) is 32.7 Å². The smallest absolute Gasteiger partial charge is 0.257 e. The van der Waals surface area contributed by atoms with Crippen molar-refractivity contribution in [3.63, 3.8) is 0 Å². The average Bonchev–Trinajstić information content (AvgIpc) is 2.43. The molecule has 0 aromatic heterocycles. The number of ether oxygens (including phenoxy) is 2. The van der Waals surface area contributed by atoms with Gasteiger partial charge < -0.3 is 20.5 Å². The van der Waals surface area contributed by atoms with Gasteiger partial charge in [-0.2, -0.15) is 0 Å². The Kier molecular flexibility index (Phi) is 7.32. The first kappa shape index (κ1) is 17.6. The quantitative estimate of drug-likeness (QED) is 0.769. The lowest BCUT2D eigenvalue weighted by atomic mass is 10.1. The van der Waals surface area contributed by atoms with Crippen LogP contribution in [0.3, 0.4) is 0 Å². The van der Waals surface area contributed by atoms with Gasteiger partial charge in [-0.05, 0) is 24.9 Å². The number of methoxy groups -OCH3 is 1. The van der Waals surface area contributed by atoms with E-state index in [0.717, 1.165) is 5.56 Å². The van der Waals surface area contributed by atoms with Gasteiger partial charge in [0.15, 0.2) is 18.1 Å². The number of nitrogens with one attached hydrogen (secondary N) is 1. The van der Waals surface area contributed by atoms with Crippen molar-refractivity contribution in [3.8, 4) is 11.5 Å². The van der Waals surface area contributed by atoms with Crippen LogP contribution < -0.4 is 20.5 Å². The predicted molar refractivity (Wildman–Crippen MR) is 84.1 cm³/mol. The summed E-state index contributed by atoms with van der Waals surface area (Å²) in [5, 5.41) is 3.35. The Morgan fingerprint density at radius 1 is 1.43 bits per heavy atom. The molecule has 0 heterocycles. The van der Waals surface area contributed by atoms with Crippen molar-refractivity contribution in [2.24, 2.45) is 11.7 Å². The number of carbonyl (C=O) groups is 1. The van der Waals surface area contributed by atoms with Gasteiger partial charge in [0.25, 0.3) is 5.91 Å². The summed E-state index contributed by atoms with van der Waals surface area (Å²) in [5.74, 6) is 1.25. The summed E-state index contributed by atoms with van der Waals surface area (Å²) < 4.78 is 10.9. The van der Waals surface area contributed by atoms with Gasteiger partial charge in [0.2, 0.25) is 0 Å². The van der Waals surface area contributed by atoms with Crippen LogP contribution in [0, 0.1) is 5.92 Å². The van der Waals surface area contributed by atoms with Gasteiger partial charge in [-0.1, -0.05) is 25.4 Å². The van der Waals surface area contributed by atoms with Crippen molar-refractivity contribution in [2.75, 3.05) is 26.8 Å². The average molecular weight is 315 g/mol. The Labute approximate surface area is 130 Å². The van der Waals surface area contributed by atoms with Crippen molar-refractivity contribution in [3.05, 3.63) is 22.7 Å². The van der Waals surface area contributed by atoms with E-state index in [2.05, 4.69) is 5.32 Å². The molecule has 0 bridgehead atoms. The maximum atomic E-state index is 11.7. The first-order valence-corrected chi connectivity index (χ1v) is 7.31. The van der Waals surface area contributed by atoms with Crippen molar-refractivity contribution in [1.29, 1.82) is 0 Å². The largest absolute Gasteiger partial charge is 0.493 e. The molecule has 0 aliphatic carbocycles. The van der Waals surface area contributed by atoms with E-state index in [0.29, 0.717) is 41.9 Å². The van der Waals surface area contributed by atoms with E-state index in [9.17, 15) is 4.79 Å². The summed E-state index contributed by atoms with van der Waals surface area (Å²) in [6, 6.07) is 3.43. The summed E-state index contributed by atoms with van der Waals surface area (Å²) in [4.78, 5) is 11.7. The molecule has 0 spiro atoms. The van der Waals surface area contributed by atoms with Gasteiger partial charge >= 0.3 is 0 Å². The number of benzene rings is 1. The van der Waals surface area contributed by atoms with E-state index in [1.54, 1.807) is 12.1 Å². The van der Waals surface area contributed by atoms with Crippen molar-refractivity contribution in [1.82, 2.24) is 5.32 Å². The highest BCUT2D eigenvalue weighted by atomic mass is 35.5. The van der Waals surface area contributed by atoms with Crippen molar-refractivity contribution in [2.45, 2.75) is 20.3 Å². The lowest BCUT2D eigenvalue weighted by molar-refractivity contribution is -0.123. The van der Waals surface area contributed by atoms with E-state index < -0.39 is 0 Å². The summed E-state index contributed by atoms with van der Waals surface area (Å²) in [6.45, 7) is 5.07. The zero-order valence-electron chi connectivity index (χ0n) is 12.7. The standard InChI is InChI=1S/C15H23ClN2O3/c1-10(2)8-18-14(19)9-21-15-11(4-5-17)6-12(16)7-13(15)20-3/h6-7,10H,4-5,8-9,17H2,1-3H3,(H,18,19). The van der Waals surface area contributed by atoms with Crippen molar-refractivity contribution >= 4 is 17.5 Å². The van der Waals surface area contributed by atoms with E-state index in [1.165, 1.54) is 7.11 Å². The number of carbonyl (C=O) groups excluding carboxylic acids is 1. The SMILES string of the molecule is COc1cc(Cl)cc(CCN)c1OCC(=O)NCC(C)C. The number of halogens is 1. The zero-order chi connectivity index (χ0) is 15.8. The van der Waals surface area contributed by atoms with Gasteiger partial charge in [-0.3, -0.25) is 4.79 Å². The molecule has 5 nitrogen and oxygen atoms in total. The Morgan fingerprint density at radius 2 is 2.14 bits per heavy atom. The minimum atomic E-state index is -0.167. The van der Waals surface area contributed by atoms with Crippen LogP contribution >= 0.6 is 11.6 Å². The second-order valence-corrected chi connectivity index (χ2v) is 5.56. The lowest BCUT2D eigenvalue weighted by Crippen LogP contribution is -2.32. The molecule has 3 N–H and O–H groups in total. The number of amides is 1. The molecular weight excluding hydrogens is 292 g/mol. The number of hydrogen-bond acceptors (Lipinski definition) is 4. The normalized spacial score (nSPS) is 10.6. The molecular formula is C15H23ClN2O3. The minimum absolute atomic E-state index is 0.0672. The summed E-state index contributed by atoms with van der Waals surface area (Å²) in [5.41, 5.74) is 6.42. The van der Waals surface area contributed by atoms with Gasteiger partial charge in [0, 0.05) is 23.2 Å². The Hall–Kier alpha value is -1.46. The molecule has 0 saturated carbocycles. The van der Waals surface area contributed by atoms with Gasteiger partial charge in [0.05, 0.1) is 7.11 Å². The topological polar surface area (TPSA) is 73.6 Å². The molecule has 0 aliphatic rings. The predicted octanol–water partition coefficient (Wildman–Crippen LogP) is 2.00. The van der Waals surface area contributed by atoms with Crippen LogP contribution in [0.4, 0.5) is 0 Å². The van der Waals surface area contributed by atoms with Crippen molar-refractivity contribution < 1.29 is 14.3 Å². The maximum Gasteiger partial charge on any atom is 0.257 e. The molecule has 0 fully saturated rings. The third kappa shape index (κ3) is 5.81. The van der Waals surface area contributed by atoms with Crippen LogP contribution in [0.5, 0.6) is 11.5 Å². The minimum Gasteiger partial charge on any atom is -0.493 e. The summed E-state index contributed by atoms with van der Waals surface area (Å²) in [7, 11) is 1.53. The maximum absolute atomic E-state index is 11.7. The molecule has 0 saturated heterocycles. The molecule has 1 amide bonds. The highest BCUT2D eigenvalue weighted by Gasteiger charge is 2.14. The van der Waals surface area contributed by atoms with Gasteiger partial charge in [0.1, 0.15) is 0 Å². The first-order chi connectivity index (χ1) is 9.97. The highest BCUT2D eigenvalue weighted by molar-refractivity contribution is 6.30. The molecule has 0 radical (unpaired) electrons. The molecule has 0 unspecified atom stereocenters. The number of hydrogen-bond donors (Lipinski definition) is 2. The summed E-state index contributed by atoms with van der Waals surface area (Å²) in [6.07, 6.45) is 0.597. The Bertz CT molecular complexity index is 478. The lowest BCUT2D eigenvalue weighted by Gasteiger charge is -2.15. The van der Waals surface area contributed by atoms with Gasteiger partial charge in [-0.25, -0.2) is 0 Å². The second kappa shape index (κ2) is 8.74. The molecule has 0 aliphatic heterocycles. The Balaban J connectivity index is 2.78. The molecule has 21 heavy (non-hydrogen) atoms. The molecule has 1 aromatic rings. The highest BCUT2D eigenvalue weighted by Crippen LogP contribution is 2.34. The first-order valence-electron chi connectivity index (χ1n) is 6.93. The zero-order valence-corrected chi connectivity index (χ0v) is 13.5. The molecule has 6 heteroatoms. The third-order valence-corrected chi connectivity index (χ3v) is 3.00. The Morgan fingerprint density at radius 3 is 2.71 bits per heavy atom. The monoisotopic (exact) mass is 314 g/mol. The third-order valence-electron chi connectivity index (χ3n) is 2.79. The van der Waals surface area contributed by atoms with Crippen LogP contribution in [-0.2, 0) is 11.2 Å². The fraction of sp³-hybridized carbons (Fsp3) is 0.533. The molecule has 0 atom stereocenters. The van der Waals surface area contributed by atoms with Crippen LogP contribution in [0.2, 0.25) is 5.02 Å². The van der Waals surface area contributed by atoms with E-state index >= 15 is 0 Å².